The van der Waals surface area contributed by atoms with Crippen molar-refractivity contribution in [2.45, 2.75) is 40.2 Å². The fraction of sp³-hybridized carbons (Fsp3) is 0.571. The first-order chi connectivity index (χ1) is 7.50. The highest BCUT2D eigenvalue weighted by Crippen LogP contribution is 2.25. The lowest BCUT2D eigenvalue weighted by Crippen LogP contribution is -2.19. The second-order valence-corrected chi connectivity index (χ2v) is 4.95. The smallest absolute Gasteiger partial charge is 0.125 e. The normalized spacial score (nSPS) is 12.9. The molecule has 16 heavy (non-hydrogen) atoms. The zero-order chi connectivity index (χ0) is 12.1. The lowest BCUT2D eigenvalue weighted by Gasteiger charge is -2.16. The number of rotatable bonds is 5. The van der Waals surface area contributed by atoms with Gasteiger partial charge < -0.3 is 10.5 Å². The first-order valence-electron chi connectivity index (χ1n) is 5.97. The first-order valence-corrected chi connectivity index (χ1v) is 5.97. The quantitative estimate of drug-likeness (QED) is 0.829. The van der Waals surface area contributed by atoms with Gasteiger partial charge in [-0.1, -0.05) is 32.0 Å². The molecule has 0 fully saturated rings. The van der Waals surface area contributed by atoms with Crippen molar-refractivity contribution in [2.24, 2.45) is 11.7 Å². The van der Waals surface area contributed by atoms with Crippen molar-refractivity contribution in [3.63, 3.8) is 0 Å². The molecule has 0 aromatic heterocycles. The minimum absolute atomic E-state index is 0.170. The maximum atomic E-state index is 5.87. The van der Waals surface area contributed by atoms with Crippen LogP contribution in [0.4, 0.5) is 0 Å². The van der Waals surface area contributed by atoms with Gasteiger partial charge in [0, 0.05) is 6.04 Å². The molecule has 2 N–H and O–H groups in total. The lowest BCUT2D eigenvalue weighted by molar-refractivity contribution is 0.266. The van der Waals surface area contributed by atoms with E-state index < -0.39 is 0 Å². The molecule has 0 heterocycles. The minimum Gasteiger partial charge on any atom is -0.493 e. The molecule has 2 nitrogen and oxygen atoms in total. The molecule has 0 saturated carbocycles. The van der Waals surface area contributed by atoms with Gasteiger partial charge in [0.15, 0.2) is 0 Å². The molecule has 90 valence electrons. The first kappa shape index (κ1) is 13.0. The van der Waals surface area contributed by atoms with Gasteiger partial charge in [-0.05, 0) is 37.3 Å². The molecule has 1 atom stereocenters. The predicted octanol–water partition coefficient (Wildman–Crippen LogP) is 2.92. The Morgan fingerprint density at radius 1 is 1.25 bits per heavy atom. The van der Waals surface area contributed by atoms with Gasteiger partial charge in [0.25, 0.3) is 0 Å². The highest BCUT2D eigenvalue weighted by molar-refractivity contribution is 5.41. The summed E-state index contributed by atoms with van der Waals surface area (Å²) < 4.78 is 5.87. The van der Waals surface area contributed by atoms with E-state index in [1.165, 1.54) is 11.1 Å². The Bertz CT molecular complexity index is 332. The summed E-state index contributed by atoms with van der Waals surface area (Å²) in [7, 11) is 0. The van der Waals surface area contributed by atoms with Gasteiger partial charge in [-0.25, -0.2) is 0 Å². The molecule has 0 aliphatic heterocycles. The number of aryl methyl sites for hydroxylation is 1. The summed E-state index contributed by atoms with van der Waals surface area (Å²) in [6.07, 6.45) is 0.870. The molecule has 0 amide bonds. The van der Waals surface area contributed by atoms with Gasteiger partial charge in [-0.2, -0.15) is 0 Å². The maximum Gasteiger partial charge on any atom is 0.125 e. The number of nitrogens with two attached hydrogens (primary N) is 1. The maximum absolute atomic E-state index is 5.87. The monoisotopic (exact) mass is 221 g/mol. The van der Waals surface area contributed by atoms with Crippen molar-refractivity contribution in [2.75, 3.05) is 6.61 Å². The Hall–Kier alpha value is -1.02. The van der Waals surface area contributed by atoms with Crippen LogP contribution < -0.4 is 10.5 Å². The van der Waals surface area contributed by atoms with Crippen LogP contribution in [0.25, 0.3) is 0 Å². The van der Waals surface area contributed by atoms with E-state index in [-0.39, 0.29) is 6.04 Å². The van der Waals surface area contributed by atoms with E-state index in [1.807, 2.05) is 6.92 Å². The zero-order valence-corrected chi connectivity index (χ0v) is 10.8. The van der Waals surface area contributed by atoms with Gasteiger partial charge in [0.05, 0.1) is 6.61 Å². The van der Waals surface area contributed by atoms with Crippen molar-refractivity contribution in [3.05, 3.63) is 29.3 Å². The van der Waals surface area contributed by atoms with Crippen LogP contribution in [0.15, 0.2) is 18.2 Å². The predicted molar refractivity (Wildman–Crippen MR) is 68.9 cm³/mol. The molecule has 0 saturated heterocycles. The van der Waals surface area contributed by atoms with E-state index in [1.54, 1.807) is 0 Å². The Labute approximate surface area is 98.8 Å². The molecule has 0 radical (unpaired) electrons. The van der Waals surface area contributed by atoms with Gasteiger partial charge in [-0.15, -0.1) is 0 Å². The molecule has 0 bridgehead atoms. The number of hydrogen-bond donors (Lipinski definition) is 1. The van der Waals surface area contributed by atoms with Crippen LogP contribution in [-0.4, -0.2) is 12.6 Å². The summed E-state index contributed by atoms with van der Waals surface area (Å²) in [5.41, 5.74) is 8.26. The summed E-state index contributed by atoms with van der Waals surface area (Å²) in [6.45, 7) is 9.18. The fourth-order valence-corrected chi connectivity index (χ4v) is 1.68. The van der Waals surface area contributed by atoms with E-state index in [9.17, 15) is 0 Å². The molecule has 0 spiro atoms. The third kappa shape index (κ3) is 3.86. The second kappa shape index (κ2) is 5.90. The van der Waals surface area contributed by atoms with Crippen LogP contribution in [0, 0.1) is 12.8 Å². The number of benzene rings is 1. The van der Waals surface area contributed by atoms with Crippen LogP contribution in [0.1, 0.15) is 31.9 Å². The standard InChI is InChI=1S/C14H23NO/c1-10(2)9-16-14-11(3)6-5-7-13(14)8-12(4)15/h5-7,10,12H,8-9,15H2,1-4H3. The topological polar surface area (TPSA) is 35.2 Å². The average Bonchev–Trinajstić information content (AvgIpc) is 2.15. The van der Waals surface area contributed by atoms with Crippen molar-refractivity contribution < 1.29 is 4.74 Å². The summed E-state index contributed by atoms with van der Waals surface area (Å²) in [6, 6.07) is 6.42. The van der Waals surface area contributed by atoms with Crippen LogP contribution in [0.3, 0.4) is 0 Å². The van der Waals surface area contributed by atoms with E-state index in [0.717, 1.165) is 18.8 Å². The van der Waals surface area contributed by atoms with Crippen LogP contribution in [0.5, 0.6) is 5.75 Å². The van der Waals surface area contributed by atoms with E-state index in [2.05, 4.69) is 39.0 Å². The van der Waals surface area contributed by atoms with Crippen molar-refractivity contribution in [3.8, 4) is 5.75 Å². The molecule has 0 aliphatic rings. The van der Waals surface area contributed by atoms with E-state index >= 15 is 0 Å². The van der Waals surface area contributed by atoms with Crippen molar-refractivity contribution >= 4 is 0 Å². The Morgan fingerprint density at radius 3 is 2.50 bits per heavy atom. The molecule has 1 rings (SSSR count). The van der Waals surface area contributed by atoms with Gasteiger partial charge in [-0.3, -0.25) is 0 Å². The van der Waals surface area contributed by atoms with Gasteiger partial charge in [0.2, 0.25) is 0 Å². The molecule has 1 aromatic rings. The largest absolute Gasteiger partial charge is 0.493 e. The second-order valence-electron chi connectivity index (χ2n) is 4.95. The molecule has 2 heteroatoms. The number of para-hydroxylation sites is 1. The highest BCUT2D eigenvalue weighted by Gasteiger charge is 2.09. The Kier molecular flexibility index (Phi) is 4.81. The number of hydrogen-bond acceptors (Lipinski definition) is 2. The van der Waals surface area contributed by atoms with E-state index in [0.29, 0.717) is 5.92 Å². The molecule has 1 unspecified atom stereocenters. The summed E-state index contributed by atoms with van der Waals surface area (Å²) in [5, 5.41) is 0. The third-order valence-corrected chi connectivity index (χ3v) is 2.40. The fourth-order valence-electron chi connectivity index (χ4n) is 1.68. The lowest BCUT2D eigenvalue weighted by atomic mass is 10.0. The minimum atomic E-state index is 0.170. The van der Waals surface area contributed by atoms with Crippen LogP contribution in [0.2, 0.25) is 0 Å². The third-order valence-electron chi connectivity index (χ3n) is 2.40. The van der Waals surface area contributed by atoms with Crippen molar-refractivity contribution in [1.82, 2.24) is 0 Å². The highest BCUT2D eigenvalue weighted by atomic mass is 16.5. The summed E-state index contributed by atoms with van der Waals surface area (Å²) >= 11 is 0. The molecule has 1 aromatic carbocycles. The van der Waals surface area contributed by atoms with Gasteiger partial charge in [0.1, 0.15) is 5.75 Å². The number of ether oxygens (including phenoxy) is 1. The SMILES string of the molecule is Cc1cccc(CC(C)N)c1OCC(C)C. The van der Waals surface area contributed by atoms with Crippen LogP contribution >= 0.6 is 0 Å². The molecular formula is C14H23NO. The van der Waals surface area contributed by atoms with Crippen molar-refractivity contribution in [1.29, 1.82) is 0 Å². The average molecular weight is 221 g/mol. The van der Waals surface area contributed by atoms with Crippen LogP contribution in [-0.2, 0) is 6.42 Å². The summed E-state index contributed by atoms with van der Waals surface area (Å²) in [5.74, 6) is 1.57. The summed E-state index contributed by atoms with van der Waals surface area (Å²) in [4.78, 5) is 0. The molecular weight excluding hydrogens is 198 g/mol. The Morgan fingerprint density at radius 2 is 1.94 bits per heavy atom. The Balaban J connectivity index is 2.85. The molecule has 0 aliphatic carbocycles. The van der Waals surface area contributed by atoms with Gasteiger partial charge >= 0.3 is 0 Å². The van der Waals surface area contributed by atoms with E-state index in [4.69, 9.17) is 10.5 Å². The zero-order valence-electron chi connectivity index (χ0n) is 10.8.